The Balaban J connectivity index is 1.26. The zero-order valence-corrected chi connectivity index (χ0v) is 18.8. The summed E-state index contributed by atoms with van der Waals surface area (Å²) in [6.45, 7) is 13.1. The predicted molar refractivity (Wildman–Crippen MR) is 132 cm³/mol. The van der Waals surface area contributed by atoms with E-state index in [0.29, 0.717) is 12.5 Å². The zero-order valence-electron chi connectivity index (χ0n) is 18.8. The highest BCUT2D eigenvalue weighted by Crippen LogP contribution is 2.27. The van der Waals surface area contributed by atoms with E-state index in [9.17, 15) is 5.11 Å². The fourth-order valence-corrected chi connectivity index (χ4v) is 4.39. The minimum atomic E-state index is -0.453. The average molecular weight is 418 g/mol. The first-order chi connectivity index (χ1) is 15.0. The minimum absolute atomic E-state index is 0.453. The summed E-state index contributed by atoms with van der Waals surface area (Å²) in [5.41, 5.74) is 7.39. The van der Waals surface area contributed by atoms with Gasteiger partial charge in [0.2, 0.25) is 0 Å². The van der Waals surface area contributed by atoms with Crippen molar-refractivity contribution < 1.29 is 5.11 Å². The van der Waals surface area contributed by atoms with Gasteiger partial charge in [-0.2, -0.15) is 0 Å². The highest BCUT2D eigenvalue weighted by atomic mass is 16.3. The van der Waals surface area contributed by atoms with Crippen LogP contribution in [0.25, 0.3) is 6.08 Å². The summed E-state index contributed by atoms with van der Waals surface area (Å²) in [6, 6.07) is 15.4. The maximum absolute atomic E-state index is 10.5. The Hall–Kier alpha value is -2.56. The molecule has 1 fully saturated rings. The van der Waals surface area contributed by atoms with Crippen LogP contribution in [-0.4, -0.2) is 48.8 Å². The maximum Gasteiger partial charge on any atom is 0.0851 e. The third kappa shape index (κ3) is 5.57. The van der Waals surface area contributed by atoms with E-state index in [-0.39, 0.29) is 0 Å². The van der Waals surface area contributed by atoms with E-state index >= 15 is 0 Å². The van der Waals surface area contributed by atoms with Gasteiger partial charge in [0.15, 0.2) is 0 Å². The fraction of sp³-hybridized carbons (Fsp3) is 0.407. The molecule has 0 saturated carbocycles. The molecule has 0 spiro atoms. The topological polar surface area (TPSA) is 38.7 Å². The standard InChI is InChI=1S/C27H35N3O/c1-20(2)23-8-10-25(11-9-23)30-16-14-29(15-17-30)19-26(31)12-5-22-6-13-27-24(18-22)7-4-21(3)28-27/h5-6,8-13,18,20,26,28,31H,3-4,7,14-17,19H2,1-2H3/b12-5+/t26-/m1/s1. The molecule has 4 nitrogen and oxygen atoms in total. The van der Waals surface area contributed by atoms with Gasteiger partial charge >= 0.3 is 0 Å². The van der Waals surface area contributed by atoms with Gasteiger partial charge in [-0.05, 0) is 59.7 Å². The molecule has 0 aliphatic carbocycles. The highest BCUT2D eigenvalue weighted by molar-refractivity contribution is 5.63. The maximum atomic E-state index is 10.5. The lowest BCUT2D eigenvalue weighted by Crippen LogP contribution is -2.48. The number of fused-ring (bicyclic) bond motifs is 1. The van der Waals surface area contributed by atoms with Gasteiger partial charge in [0.05, 0.1) is 6.10 Å². The molecule has 164 valence electrons. The van der Waals surface area contributed by atoms with Crippen molar-refractivity contribution in [2.45, 2.75) is 38.7 Å². The summed E-state index contributed by atoms with van der Waals surface area (Å²) in [7, 11) is 0. The van der Waals surface area contributed by atoms with Gasteiger partial charge in [0, 0.05) is 49.8 Å². The normalized spacial score (nSPS) is 18.3. The van der Waals surface area contributed by atoms with E-state index in [4.69, 9.17) is 0 Å². The fourth-order valence-electron chi connectivity index (χ4n) is 4.39. The second kappa shape index (κ2) is 9.71. The Morgan fingerprint density at radius 3 is 2.48 bits per heavy atom. The smallest absolute Gasteiger partial charge is 0.0851 e. The molecule has 2 aliphatic heterocycles. The first kappa shape index (κ1) is 21.7. The Kier molecular flexibility index (Phi) is 6.79. The number of hydrogen-bond donors (Lipinski definition) is 2. The van der Waals surface area contributed by atoms with Crippen LogP contribution in [0.3, 0.4) is 0 Å². The monoisotopic (exact) mass is 417 g/mol. The van der Waals surface area contributed by atoms with Gasteiger partial charge in [0.1, 0.15) is 0 Å². The number of nitrogens with one attached hydrogen (secondary N) is 1. The number of aliphatic hydroxyl groups excluding tert-OH is 1. The molecular formula is C27H35N3O. The van der Waals surface area contributed by atoms with Gasteiger partial charge in [0.25, 0.3) is 0 Å². The van der Waals surface area contributed by atoms with Crippen LogP contribution >= 0.6 is 0 Å². The Bertz CT molecular complexity index is 924. The van der Waals surface area contributed by atoms with Crippen LogP contribution in [0, 0.1) is 0 Å². The van der Waals surface area contributed by atoms with E-state index in [2.05, 4.69) is 78.0 Å². The molecule has 2 aromatic carbocycles. The summed E-state index contributed by atoms with van der Waals surface area (Å²) < 4.78 is 0. The summed E-state index contributed by atoms with van der Waals surface area (Å²) in [5.74, 6) is 0.568. The van der Waals surface area contributed by atoms with Gasteiger partial charge in [-0.25, -0.2) is 0 Å². The van der Waals surface area contributed by atoms with Crippen LogP contribution < -0.4 is 10.2 Å². The third-order valence-electron chi connectivity index (χ3n) is 6.39. The Morgan fingerprint density at radius 1 is 1.03 bits per heavy atom. The second-order valence-corrected chi connectivity index (χ2v) is 9.11. The van der Waals surface area contributed by atoms with Crippen LogP contribution in [0.2, 0.25) is 0 Å². The van der Waals surface area contributed by atoms with Gasteiger partial charge in [-0.1, -0.05) is 50.8 Å². The van der Waals surface area contributed by atoms with Gasteiger partial charge in [-0.3, -0.25) is 4.90 Å². The van der Waals surface area contributed by atoms with Crippen LogP contribution in [0.5, 0.6) is 0 Å². The molecule has 2 N–H and O–H groups in total. The molecule has 0 unspecified atom stereocenters. The van der Waals surface area contributed by atoms with Crippen LogP contribution in [-0.2, 0) is 6.42 Å². The summed E-state index contributed by atoms with van der Waals surface area (Å²) in [6.07, 6.45) is 5.52. The zero-order chi connectivity index (χ0) is 21.8. The van der Waals surface area contributed by atoms with Gasteiger partial charge < -0.3 is 15.3 Å². The SMILES string of the molecule is C=C1CCc2cc(/C=C/[C@@H](O)CN3CCN(c4ccc(C(C)C)cc4)CC3)ccc2N1. The molecule has 0 aromatic heterocycles. The molecule has 1 saturated heterocycles. The van der Waals surface area contributed by atoms with Crippen molar-refractivity contribution in [1.82, 2.24) is 4.90 Å². The molecule has 4 rings (SSSR count). The molecule has 1 atom stereocenters. The molecule has 2 aromatic rings. The van der Waals surface area contributed by atoms with Crippen LogP contribution in [0.4, 0.5) is 11.4 Å². The quantitative estimate of drug-likeness (QED) is 0.703. The van der Waals surface area contributed by atoms with E-state index in [1.165, 1.54) is 16.8 Å². The average Bonchev–Trinajstić information content (AvgIpc) is 2.78. The van der Waals surface area contributed by atoms with Crippen LogP contribution in [0.15, 0.2) is 60.8 Å². The minimum Gasteiger partial charge on any atom is -0.388 e. The number of β-amino-alcohol motifs (C(OH)–C–C–N with tert-alkyl or cyclic N) is 1. The predicted octanol–water partition coefficient (Wildman–Crippen LogP) is 4.88. The van der Waals surface area contributed by atoms with Crippen molar-refractivity contribution in [3.8, 4) is 0 Å². The number of benzene rings is 2. The van der Waals surface area contributed by atoms with Crippen molar-refractivity contribution in [2.24, 2.45) is 0 Å². The summed E-state index contributed by atoms with van der Waals surface area (Å²) in [4.78, 5) is 4.80. The number of rotatable bonds is 6. The number of piperazine rings is 1. The van der Waals surface area contributed by atoms with Crippen molar-refractivity contribution >= 4 is 17.5 Å². The van der Waals surface area contributed by atoms with Crippen molar-refractivity contribution in [3.63, 3.8) is 0 Å². The molecule has 2 aliphatic rings. The van der Waals surface area contributed by atoms with E-state index in [0.717, 1.165) is 56.0 Å². The highest BCUT2D eigenvalue weighted by Gasteiger charge is 2.19. The number of hydrogen-bond acceptors (Lipinski definition) is 4. The molecule has 0 radical (unpaired) electrons. The molecular weight excluding hydrogens is 382 g/mol. The first-order valence-corrected chi connectivity index (χ1v) is 11.5. The molecule has 0 bridgehead atoms. The van der Waals surface area contributed by atoms with E-state index < -0.39 is 6.10 Å². The van der Waals surface area contributed by atoms with Crippen LogP contribution in [0.1, 0.15) is 42.9 Å². The van der Waals surface area contributed by atoms with Crippen molar-refractivity contribution in [2.75, 3.05) is 42.9 Å². The first-order valence-electron chi connectivity index (χ1n) is 11.5. The van der Waals surface area contributed by atoms with Crippen molar-refractivity contribution in [1.29, 1.82) is 0 Å². The summed E-state index contributed by atoms with van der Waals surface area (Å²) >= 11 is 0. The third-order valence-corrected chi connectivity index (χ3v) is 6.39. The molecule has 31 heavy (non-hydrogen) atoms. The number of nitrogens with zero attached hydrogens (tertiary/aromatic N) is 2. The molecule has 2 heterocycles. The number of allylic oxidation sites excluding steroid dienone is 1. The van der Waals surface area contributed by atoms with E-state index in [1.807, 2.05) is 12.2 Å². The summed E-state index contributed by atoms with van der Waals surface area (Å²) in [5, 5.41) is 13.9. The lowest BCUT2D eigenvalue weighted by molar-refractivity contribution is 0.142. The van der Waals surface area contributed by atoms with E-state index in [1.54, 1.807) is 0 Å². The molecule has 0 amide bonds. The molecule has 4 heteroatoms. The lowest BCUT2D eigenvalue weighted by Gasteiger charge is -2.36. The van der Waals surface area contributed by atoms with Crippen molar-refractivity contribution in [3.05, 3.63) is 77.5 Å². The van der Waals surface area contributed by atoms with Gasteiger partial charge in [-0.15, -0.1) is 0 Å². The number of anilines is 2. The second-order valence-electron chi connectivity index (χ2n) is 9.11. The number of aliphatic hydroxyl groups is 1. The number of aryl methyl sites for hydroxylation is 1. The lowest BCUT2D eigenvalue weighted by atomic mass is 9.99. The largest absolute Gasteiger partial charge is 0.388 e. The Labute approximate surface area is 186 Å². The Morgan fingerprint density at radius 2 is 1.77 bits per heavy atom.